The topological polar surface area (TPSA) is 78.5 Å². The Hall–Kier alpha value is -4.26. The van der Waals surface area contributed by atoms with Crippen molar-refractivity contribution >= 4 is 40.4 Å². The van der Waals surface area contributed by atoms with E-state index in [1.807, 2.05) is 26.0 Å². The quantitative estimate of drug-likeness (QED) is 0.556. The molecule has 0 saturated carbocycles. The summed E-state index contributed by atoms with van der Waals surface area (Å²) >= 11 is 0. The van der Waals surface area contributed by atoms with Crippen molar-refractivity contribution in [2.75, 3.05) is 15.5 Å². The fraction of sp³-hybridized carbons (Fsp3) is 0.115. The Morgan fingerprint density at radius 3 is 2.06 bits per heavy atom. The summed E-state index contributed by atoms with van der Waals surface area (Å²) < 4.78 is 13.4. The van der Waals surface area contributed by atoms with E-state index in [-0.39, 0.29) is 22.9 Å². The lowest BCUT2D eigenvalue weighted by atomic mass is 9.99. The van der Waals surface area contributed by atoms with Gasteiger partial charge in [-0.2, -0.15) is 0 Å². The van der Waals surface area contributed by atoms with Crippen LogP contribution < -0.4 is 15.5 Å². The standard InChI is InChI=1S/C26H22FN3O3/c1-15-4-5-18(14-16(15)2)23-24(29-21-10-8-20(9-11-21)28-17(3)31)26(33)30(25(23)32)22-12-6-19(27)7-13-22/h4-14,29H,1-3H3,(H,28,31). The first-order valence-corrected chi connectivity index (χ1v) is 10.4. The van der Waals surface area contributed by atoms with Gasteiger partial charge in [-0.3, -0.25) is 14.4 Å². The predicted octanol–water partition coefficient (Wildman–Crippen LogP) is 4.80. The molecule has 1 aliphatic rings. The molecule has 6 nitrogen and oxygen atoms in total. The molecule has 33 heavy (non-hydrogen) atoms. The van der Waals surface area contributed by atoms with Crippen LogP contribution in [0.15, 0.2) is 72.4 Å². The molecule has 0 fully saturated rings. The van der Waals surface area contributed by atoms with E-state index >= 15 is 0 Å². The minimum absolute atomic E-state index is 0.125. The molecule has 166 valence electrons. The highest BCUT2D eigenvalue weighted by Gasteiger charge is 2.40. The smallest absolute Gasteiger partial charge is 0.282 e. The van der Waals surface area contributed by atoms with Gasteiger partial charge in [0, 0.05) is 18.3 Å². The van der Waals surface area contributed by atoms with E-state index in [1.54, 1.807) is 30.3 Å². The number of anilines is 3. The first kappa shape index (κ1) is 22.0. The largest absolute Gasteiger partial charge is 0.350 e. The summed E-state index contributed by atoms with van der Waals surface area (Å²) in [5.41, 5.74) is 4.48. The summed E-state index contributed by atoms with van der Waals surface area (Å²) in [6, 6.07) is 17.6. The number of nitrogens with one attached hydrogen (secondary N) is 2. The van der Waals surface area contributed by atoms with Crippen LogP contribution in [0.2, 0.25) is 0 Å². The number of carbonyl (C=O) groups excluding carboxylic acids is 3. The van der Waals surface area contributed by atoms with Crippen LogP contribution in [0.4, 0.5) is 21.5 Å². The monoisotopic (exact) mass is 443 g/mol. The number of rotatable bonds is 5. The Bertz CT molecular complexity index is 1300. The molecular weight excluding hydrogens is 421 g/mol. The Morgan fingerprint density at radius 1 is 0.818 bits per heavy atom. The molecule has 7 heteroatoms. The zero-order valence-electron chi connectivity index (χ0n) is 18.4. The average molecular weight is 443 g/mol. The van der Waals surface area contributed by atoms with Gasteiger partial charge in [0.2, 0.25) is 5.91 Å². The molecule has 2 N–H and O–H groups in total. The molecule has 0 unspecified atom stereocenters. The number of hydrogen-bond donors (Lipinski definition) is 2. The van der Waals surface area contributed by atoms with Crippen LogP contribution in [0.25, 0.3) is 5.57 Å². The van der Waals surface area contributed by atoms with E-state index in [0.29, 0.717) is 16.9 Å². The van der Waals surface area contributed by atoms with Crippen molar-refractivity contribution in [1.82, 2.24) is 0 Å². The number of imide groups is 1. The molecule has 0 atom stereocenters. The summed E-state index contributed by atoms with van der Waals surface area (Å²) in [7, 11) is 0. The molecule has 3 amide bonds. The molecule has 3 aromatic rings. The summed E-state index contributed by atoms with van der Waals surface area (Å²) in [4.78, 5) is 39.1. The minimum Gasteiger partial charge on any atom is -0.350 e. The highest BCUT2D eigenvalue weighted by molar-refractivity contribution is 6.46. The molecule has 3 aromatic carbocycles. The molecule has 0 spiro atoms. The molecule has 0 aromatic heterocycles. The van der Waals surface area contributed by atoms with Gasteiger partial charge in [-0.05, 0) is 79.1 Å². The zero-order valence-corrected chi connectivity index (χ0v) is 18.4. The van der Waals surface area contributed by atoms with Gasteiger partial charge < -0.3 is 10.6 Å². The number of benzene rings is 3. The first-order valence-electron chi connectivity index (χ1n) is 10.4. The molecule has 0 radical (unpaired) electrons. The third-order valence-corrected chi connectivity index (χ3v) is 5.44. The average Bonchev–Trinajstić information content (AvgIpc) is 3.01. The fourth-order valence-electron chi connectivity index (χ4n) is 3.62. The van der Waals surface area contributed by atoms with Crippen molar-refractivity contribution in [3.63, 3.8) is 0 Å². The van der Waals surface area contributed by atoms with E-state index in [2.05, 4.69) is 10.6 Å². The molecule has 4 rings (SSSR count). The van der Waals surface area contributed by atoms with Gasteiger partial charge in [0.05, 0.1) is 11.3 Å². The van der Waals surface area contributed by atoms with Crippen LogP contribution in [-0.2, 0) is 14.4 Å². The maximum Gasteiger partial charge on any atom is 0.282 e. The van der Waals surface area contributed by atoms with Gasteiger partial charge in [-0.1, -0.05) is 18.2 Å². The Morgan fingerprint density at radius 2 is 1.45 bits per heavy atom. The van der Waals surface area contributed by atoms with Crippen molar-refractivity contribution in [1.29, 1.82) is 0 Å². The highest BCUT2D eigenvalue weighted by Crippen LogP contribution is 2.34. The van der Waals surface area contributed by atoms with Gasteiger partial charge in [0.15, 0.2) is 0 Å². The van der Waals surface area contributed by atoms with Gasteiger partial charge in [0.1, 0.15) is 11.5 Å². The van der Waals surface area contributed by atoms with E-state index in [4.69, 9.17) is 0 Å². The molecular formula is C26H22FN3O3. The Kier molecular flexibility index (Phi) is 5.79. The highest BCUT2D eigenvalue weighted by atomic mass is 19.1. The number of aryl methyl sites for hydroxylation is 2. The van der Waals surface area contributed by atoms with E-state index < -0.39 is 17.6 Å². The molecule has 1 aliphatic heterocycles. The third-order valence-electron chi connectivity index (χ3n) is 5.44. The Labute approximate surface area is 190 Å². The van der Waals surface area contributed by atoms with Crippen molar-refractivity contribution in [2.45, 2.75) is 20.8 Å². The molecule has 0 aliphatic carbocycles. The van der Waals surface area contributed by atoms with Gasteiger partial charge in [-0.25, -0.2) is 9.29 Å². The second kappa shape index (κ2) is 8.70. The summed E-state index contributed by atoms with van der Waals surface area (Å²) in [5, 5.41) is 5.76. The summed E-state index contributed by atoms with van der Waals surface area (Å²) in [6.45, 7) is 5.32. The van der Waals surface area contributed by atoms with E-state index in [9.17, 15) is 18.8 Å². The van der Waals surface area contributed by atoms with E-state index in [1.165, 1.54) is 31.2 Å². The minimum atomic E-state index is -0.536. The van der Waals surface area contributed by atoms with Crippen molar-refractivity contribution in [2.24, 2.45) is 0 Å². The Balaban J connectivity index is 1.77. The summed E-state index contributed by atoms with van der Waals surface area (Å²) in [5.74, 6) is -1.68. The maximum absolute atomic E-state index is 13.4. The second-order valence-electron chi connectivity index (χ2n) is 7.85. The van der Waals surface area contributed by atoms with Crippen LogP contribution in [0.1, 0.15) is 23.6 Å². The lowest BCUT2D eigenvalue weighted by molar-refractivity contribution is -0.120. The molecule has 0 saturated heterocycles. The number of amides is 3. The van der Waals surface area contributed by atoms with E-state index in [0.717, 1.165) is 16.0 Å². The zero-order chi connectivity index (χ0) is 23.7. The fourth-order valence-corrected chi connectivity index (χ4v) is 3.62. The maximum atomic E-state index is 13.4. The van der Waals surface area contributed by atoms with Gasteiger partial charge >= 0.3 is 0 Å². The second-order valence-corrected chi connectivity index (χ2v) is 7.85. The summed E-state index contributed by atoms with van der Waals surface area (Å²) in [6.07, 6.45) is 0. The van der Waals surface area contributed by atoms with Gasteiger partial charge in [0.25, 0.3) is 11.8 Å². The lowest BCUT2D eigenvalue weighted by Crippen LogP contribution is -2.32. The molecule has 0 bridgehead atoms. The van der Waals surface area contributed by atoms with Crippen LogP contribution in [0.3, 0.4) is 0 Å². The van der Waals surface area contributed by atoms with Crippen LogP contribution in [-0.4, -0.2) is 17.7 Å². The van der Waals surface area contributed by atoms with Crippen LogP contribution >= 0.6 is 0 Å². The van der Waals surface area contributed by atoms with Crippen LogP contribution in [0.5, 0.6) is 0 Å². The number of nitrogens with zero attached hydrogens (tertiary/aromatic N) is 1. The SMILES string of the molecule is CC(=O)Nc1ccc(NC2=C(c3ccc(C)c(C)c3)C(=O)N(c3ccc(F)cc3)C2=O)cc1. The van der Waals surface area contributed by atoms with Crippen LogP contribution in [0, 0.1) is 19.7 Å². The van der Waals surface area contributed by atoms with Gasteiger partial charge in [-0.15, -0.1) is 0 Å². The van der Waals surface area contributed by atoms with Crippen molar-refractivity contribution < 1.29 is 18.8 Å². The van der Waals surface area contributed by atoms with Crippen molar-refractivity contribution in [3.05, 3.63) is 94.9 Å². The normalized spacial score (nSPS) is 13.5. The van der Waals surface area contributed by atoms with Crippen molar-refractivity contribution in [3.8, 4) is 0 Å². The third kappa shape index (κ3) is 4.39. The molecule has 1 heterocycles. The predicted molar refractivity (Wildman–Crippen MR) is 126 cm³/mol. The number of hydrogen-bond acceptors (Lipinski definition) is 4. The first-order chi connectivity index (χ1) is 15.7. The number of carbonyl (C=O) groups is 3. The number of halogens is 1. The lowest BCUT2D eigenvalue weighted by Gasteiger charge is -2.15.